The van der Waals surface area contributed by atoms with E-state index in [0.717, 1.165) is 22.4 Å². The van der Waals surface area contributed by atoms with Crippen LogP contribution in [0.2, 0.25) is 0 Å². The normalized spacial score (nSPS) is 12.4. The Morgan fingerprint density at radius 1 is 0.941 bits per heavy atom. The molecule has 0 saturated carbocycles. The molecule has 180 valence electrons. The van der Waals surface area contributed by atoms with Crippen molar-refractivity contribution < 1.29 is 13.9 Å². The maximum atomic E-state index is 12.4. The van der Waals surface area contributed by atoms with E-state index in [9.17, 15) is 13.9 Å². The first kappa shape index (κ1) is 25.4. The van der Waals surface area contributed by atoms with Gasteiger partial charge in [0.05, 0.1) is 5.69 Å². The maximum absolute atomic E-state index is 12.4. The third kappa shape index (κ3) is 7.95. The number of amides is 2. The summed E-state index contributed by atoms with van der Waals surface area (Å²) >= 11 is 0. The number of hydrogen-bond donors (Lipinski definition) is 5. The van der Waals surface area contributed by atoms with Crippen molar-refractivity contribution in [2.24, 2.45) is 0 Å². The zero-order valence-corrected chi connectivity index (χ0v) is 20.8. The number of nitrogens with one attached hydrogen (secondary N) is 3. The van der Waals surface area contributed by atoms with Crippen molar-refractivity contribution in [1.82, 2.24) is 5.32 Å². The largest absolute Gasteiger partial charge is 0.334 e. The Hall–Kier alpha value is -3.26. The summed E-state index contributed by atoms with van der Waals surface area (Å²) in [5, 5.41) is 5.73. The first-order chi connectivity index (χ1) is 16.0. The monoisotopic (exact) mass is 479 g/mol. The third-order valence-electron chi connectivity index (χ3n) is 5.14. The van der Waals surface area contributed by atoms with E-state index >= 15 is 0 Å². The number of rotatable bonds is 7. The molecule has 3 aromatic rings. The second-order valence-corrected chi connectivity index (χ2v) is 11.1. The molecule has 0 fully saturated rings. The standard InChI is InChI=1S/C27H33N3O3S/c1-27(2,3)23-13-15-24(16-14-23)29-26(31)28-19-21-11-17-25(30-34(4,32)33)22(18-21)12-10-20-8-6-5-7-9-20/h5-18,30,32-33H,19H2,1-4H3,(H2,28,29,31)/b12-10-. The highest BCUT2D eigenvalue weighted by Crippen LogP contribution is 2.36. The molecule has 0 atom stereocenters. The van der Waals surface area contributed by atoms with Crippen LogP contribution in [0.25, 0.3) is 12.2 Å². The van der Waals surface area contributed by atoms with Crippen LogP contribution in [0.1, 0.15) is 43.0 Å². The number of benzene rings is 3. The summed E-state index contributed by atoms with van der Waals surface area (Å²) in [6, 6.07) is 22.9. The van der Waals surface area contributed by atoms with Gasteiger partial charge in [0, 0.05) is 18.5 Å². The Bertz CT molecular complexity index is 1130. The average Bonchev–Trinajstić information content (AvgIpc) is 2.77. The highest BCUT2D eigenvalue weighted by Gasteiger charge is 2.13. The number of anilines is 2. The summed E-state index contributed by atoms with van der Waals surface area (Å²) in [5.74, 6) is 0. The zero-order valence-electron chi connectivity index (χ0n) is 20.0. The van der Waals surface area contributed by atoms with E-state index in [1.165, 1.54) is 11.8 Å². The highest BCUT2D eigenvalue weighted by atomic mass is 32.3. The van der Waals surface area contributed by atoms with Crippen LogP contribution < -0.4 is 15.4 Å². The summed E-state index contributed by atoms with van der Waals surface area (Å²) in [6.07, 6.45) is 5.20. The molecule has 6 nitrogen and oxygen atoms in total. The van der Waals surface area contributed by atoms with Crippen LogP contribution in [0.3, 0.4) is 0 Å². The van der Waals surface area contributed by atoms with Gasteiger partial charge in [0.25, 0.3) is 0 Å². The Balaban J connectivity index is 1.69. The van der Waals surface area contributed by atoms with E-state index in [1.807, 2.05) is 78.9 Å². The molecule has 34 heavy (non-hydrogen) atoms. The van der Waals surface area contributed by atoms with Crippen LogP contribution in [0.4, 0.5) is 16.2 Å². The molecule has 3 rings (SSSR count). The molecular weight excluding hydrogens is 446 g/mol. The quantitative estimate of drug-likeness (QED) is 0.232. The molecular formula is C27H33N3O3S. The second kappa shape index (κ2) is 10.8. The lowest BCUT2D eigenvalue weighted by Gasteiger charge is -2.29. The van der Waals surface area contributed by atoms with Gasteiger partial charge in [0.15, 0.2) is 0 Å². The van der Waals surface area contributed by atoms with Crippen molar-refractivity contribution in [3.05, 3.63) is 95.1 Å². The van der Waals surface area contributed by atoms with Crippen molar-refractivity contribution >= 4 is 40.3 Å². The smallest absolute Gasteiger partial charge is 0.319 e. The van der Waals surface area contributed by atoms with Crippen LogP contribution in [0, 0.1) is 0 Å². The van der Waals surface area contributed by atoms with Gasteiger partial charge in [0.2, 0.25) is 0 Å². The van der Waals surface area contributed by atoms with Crippen LogP contribution in [-0.4, -0.2) is 21.4 Å². The van der Waals surface area contributed by atoms with Gasteiger partial charge in [-0.3, -0.25) is 13.8 Å². The minimum absolute atomic E-state index is 0.0550. The van der Waals surface area contributed by atoms with Crippen molar-refractivity contribution in [1.29, 1.82) is 0 Å². The Morgan fingerprint density at radius 3 is 2.24 bits per heavy atom. The first-order valence-electron chi connectivity index (χ1n) is 11.0. The topological polar surface area (TPSA) is 93.6 Å². The lowest BCUT2D eigenvalue weighted by Crippen LogP contribution is -2.28. The van der Waals surface area contributed by atoms with Gasteiger partial charge in [-0.25, -0.2) is 4.79 Å². The third-order valence-corrected chi connectivity index (χ3v) is 5.74. The number of urea groups is 1. The van der Waals surface area contributed by atoms with E-state index in [4.69, 9.17) is 0 Å². The highest BCUT2D eigenvalue weighted by molar-refractivity contribution is 8.24. The molecule has 0 aliphatic carbocycles. The predicted molar refractivity (Wildman–Crippen MR) is 145 cm³/mol. The van der Waals surface area contributed by atoms with Crippen LogP contribution in [0.5, 0.6) is 0 Å². The van der Waals surface area contributed by atoms with Gasteiger partial charge >= 0.3 is 6.03 Å². The van der Waals surface area contributed by atoms with E-state index in [1.54, 1.807) is 6.07 Å². The van der Waals surface area contributed by atoms with Gasteiger partial charge in [0.1, 0.15) is 0 Å². The second-order valence-electron chi connectivity index (χ2n) is 9.24. The maximum Gasteiger partial charge on any atom is 0.319 e. The van der Waals surface area contributed by atoms with Crippen LogP contribution in [0.15, 0.2) is 72.8 Å². The molecule has 0 radical (unpaired) electrons. The SMILES string of the molecule is CC(C)(C)c1ccc(NC(=O)NCc2ccc(NS(C)(O)O)c(/C=C\c3ccccc3)c2)cc1. The molecule has 5 N–H and O–H groups in total. The summed E-state index contributed by atoms with van der Waals surface area (Å²) in [4.78, 5) is 12.4. The van der Waals surface area contributed by atoms with Crippen molar-refractivity contribution in [2.45, 2.75) is 32.7 Å². The molecule has 0 spiro atoms. The first-order valence-corrected chi connectivity index (χ1v) is 13.0. The van der Waals surface area contributed by atoms with Gasteiger partial charge in [-0.05, 0) is 51.9 Å². The molecule has 0 unspecified atom stereocenters. The molecule has 0 aliphatic heterocycles. The van der Waals surface area contributed by atoms with Gasteiger partial charge in [-0.2, -0.15) is 0 Å². The van der Waals surface area contributed by atoms with Gasteiger partial charge < -0.3 is 10.6 Å². The minimum atomic E-state index is -2.93. The number of hydrogen-bond acceptors (Lipinski definition) is 4. The van der Waals surface area contributed by atoms with E-state index in [2.05, 4.69) is 36.1 Å². The summed E-state index contributed by atoms with van der Waals surface area (Å²) in [5.41, 5.74) is 5.27. The molecule has 0 saturated heterocycles. The minimum Gasteiger partial charge on any atom is -0.334 e. The number of carbonyl (C=O) groups excluding carboxylic acids is 1. The van der Waals surface area contributed by atoms with Crippen LogP contribution >= 0.6 is 10.8 Å². The fourth-order valence-corrected chi connectivity index (χ4v) is 3.93. The fraction of sp³-hybridized carbons (Fsp3) is 0.222. The fourth-order valence-electron chi connectivity index (χ4n) is 3.32. The molecule has 0 aromatic heterocycles. The van der Waals surface area contributed by atoms with Gasteiger partial charge in [-0.15, -0.1) is 10.8 Å². The summed E-state index contributed by atoms with van der Waals surface area (Å²) < 4.78 is 22.5. The number of carbonyl (C=O) groups is 1. The molecule has 0 aliphatic rings. The molecule has 7 heteroatoms. The zero-order chi connectivity index (χ0) is 24.8. The Morgan fingerprint density at radius 2 is 1.62 bits per heavy atom. The van der Waals surface area contributed by atoms with Crippen molar-refractivity contribution in [3.8, 4) is 0 Å². The van der Waals surface area contributed by atoms with E-state index in [-0.39, 0.29) is 11.4 Å². The van der Waals surface area contributed by atoms with E-state index in [0.29, 0.717) is 12.2 Å². The lowest BCUT2D eigenvalue weighted by atomic mass is 9.87. The van der Waals surface area contributed by atoms with Crippen LogP contribution in [-0.2, 0) is 12.0 Å². The van der Waals surface area contributed by atoms with Crippen molar-refractivity contribution in [3.63, 3.8) is 0 Å². The summed E-state index contributed by atoms with van der Waals surface area (Å²) in [7, 11) is -2.93. The van der Waals surface area contributed by atoms with Crippen molar-refractivity contribution in [2.75, 3.05) is 16.3 Å². The average molecular weight is 480 g/mol. The lowest BCUT2D eigenvalue weighted by molar-refractivity contribution is 0.251. The Kier molecular flexibility index (Phi) is 8.04. The van der Waals surface area contributed by atoms with E-state index < -0.39 is 10.8 Å². The van der Waals surface area contributed by atoms with Gasteiger partial charge in [-0.1, -0.05) is 81.5 Å². The predicted octanol–water partition coefficient (Wildman–Crippen LogP) is 7.18. The summed E-state index contributed by atoms with van der Waals surface area (Å²) in [6.45, 7) is 6.76. The molecule has 2 amide bonds. The molecule has 0 heterocycles. The molecule has 3 aromatic carbocycles. The Labute approximate surface area is 203 Å². The molecule has 0 bridgehead atoms.